The van der Waals surface area contributed by atoms with Gasteiger partial charge < -0.3 is 10.1 Å². The Morgan fingerprint density at radius 2 is 2.21 bits per heavy atom. The van der Waals surface area contributed by atoms with Crippen molar-refractivity contribution in [1.29, 1.82) is 0 Å². The molecule has 1 fully saturated rings. The van der Waals surface area contributed by atoms with Crippen LogP contribution in [0.15, 0.2) is 24.3 Å². The Morgan fingerprint density at radius 3 is 2.89 bits per heavy atom. The fraction of sp³-hybridized carbons (Fsp3) is 0.538. The molecule has 0 aliphatic carbocycles. The number of hydrogen-bond acceptors (Lipinski definition) is 3. The van der Waals surface area contributed by atoms with Gasteiger partial charge in [-0.3, -0.25) is 4.90 Å². The summed E-state index contributed by atoms with van der Waals surface area (Å²) in [5.41, 5.74) is 0.829. The minimum atomic E-state index is -4.64. The largest absolute Gasteiger partial charge is 0.573 e. The molecule has 1 saturated heterocycles. The van der Waals surface area contributed by atoms with Crippen molar-refractivity contribution in [3.8, 4) is 5.75 Å². The second kappa shape index (κ2) is 5.79. The summed E-state index contributed by atoms with van der Waals surface area (Å²) in [5.74, 6) is -0.159. The smallest absolute Gasteiger partial charge is 0.406 e. The lowest BCUT2D eigenvalue weighted by atomic mass is 10.1. The van der Waals surface area contributed by atoms with Crippen molar-refractivity contribution in [2.45, 2.75) is 25.9 Å². The third kappa shape index (κ3) is 4.72. The summed E-state index contributed by atoms with van der Waals surface area (Å²) in [6.45, 7) is 5.43. The summed E-state index contributed by atoms with van der Waals surface area (Å²) in [7, 11) is 0. The lowest BCUT2D eigenvalue weighted by Gasteiger charge is -2.31. The summed E-state index contributed by atoms with van der Waals surface area (Å²) in [6.07, 6.45) is -4.64. The van der Waals surface area contributed by atoms with Crippen molar-refractivity contribution in [3.05, 3.63) is 29.8 Å². The van der Waals surface area contributed by atoms with Crippen LogP contribution < -0.4 is 10.1 Å². The van der Waals surface area contributed by atoms with Crippen molar-refractivity contribution in [2.75, 3.05) is 19.6 Å². The van der Waals surface area contributed by atoms with Gasteiger partial charge in [0.05, 0.1) is 0 Å². The van der Waals surface area contributed by atoms with Gasteiger partial charge in [-0.1, -0.05) is 12.1 Å². The Hall–Kier alpha value is -1.27. The highest BCUT2D eigenvalue weighted by Crippen LogP contribution is 2.23. The van der Waals surface area contributed by atoms with Crippen LogP contribution in [0.4, 0.5) is 13.2 Å². The highest BCUT2D eigenvalue weighted by atomic mass is 19.4. The Labute approximate surface area is 110 Å². The van der Waals surface area contributed by atoms with Gasteiger partial charge in [-0.05, 0) is 24.6 Å². The van der Waals surface area contributed by atoms with Crippen LogP contribution in [-0.2, 0) is 6.54 Å². The van der Waals surface area contributed by atoms with E-state index in [9.17, 15) is 13.2 Å². The van der Waals surface area contributed by atoms with Crippen molar-refractivity contribution in [2.24, 2.45) is 0 Å². The molecule has 1 aromatic carbocycles. The van der Waals surface area contributed by atoms with Gasteiger partial charge in [-0.15, -0.1) is 13.2 Å². The van der Waals surface area contributed by atoms with Crippen LogP contribution in [0.3, 0.4) is 0 Å². The molecule has 0 bridgehead atoms. The predicted octanol–water partition coefficient (Wildman–Crippen LogP) is 2.38. The van der Waals surface area contributed by atoms with Gasteiger partial charge in [0, 0.05) is 32.2 Å². The highest BCUT2D eigenvalue weighted by Gasteiger charge is 2.31. The molecule has 2 rings (SSSR count). The maximum absolute atomic E-state index is 12.1. The van der Waals surface area contributed by atoms with E-state index in [1.54, 1.807) is 6.07 Å². The quantitative estimate of drug-likeness (QED) is 0.916. The third-order valence-electron chi connectivity index (χ3n) is 2.99. The maximum atomic E-state index is 12.1. The van der Waals surface area contributed by atoms with Crippen LogP contribution in [0.25, 0.3) is 0 Å². The molecule has 0 radical (unpaired) electrons. The molecule has 0 amide bonds. The molecule has 0 saturated carbocycles. The first kappa shape index (κ1) is 14.1. The van der Waals surface area contributed by atoms with E-state index < -0.39 is 6.36 Å². The zero-order valence-corrected chi connectivity index (χ0v) is 10.7. The Bertz CT molecular complexity index is 423. The number of halogens is 3. The maximum Gasteiger partial charge on any atom is 0.573 e. The van der Waals surface area contributed by atoms with E-state index in [4.69, 9.17) is 0 Å². The average Bonchev–Trinajstić information content (AvgIpc) is 2.27. The molecule has 0 aromatic heterocycles. The molecule has 1 N–H and O–H groups in total. The van der Waals surface area contributed by atoms with Crippen LogP contribution in [0.2, 0.25) is 0 Å². The van der Waals surface area contributed by atoms with Gasteiger partial charge in [0.1, 0.15) is 5.75 Å². The highest BCUT2D eigenvalue weighted by molar-refractivity contribution is 5.28. The van der Waals surface area contributed by atoms with E-state index in [2.05, 4.69) is 21.9 Å². The number of rotatable bonds is 3. The normalized spacial score (nSPS) is 21.4. The Morgan fingerprint density at radius 1 is 1.42 bits per heavy atom. The molecule has 19 heavy (non-hydrogen) atoms. The molecule has 0 unspecified atom stereocenters. The first-order valence-electron chi connectivity index (χ1n) is 6.23. The summed E-state index contributed by atoms with van der Waals surface area (Å²) in [5, 5.41) is 3.33. The zero-order chi connectivity index (χ0) is 13.9. The van der Waals surface area contributed by atoms with E-state index in [1.165, 1.54) is 12.1 Å². The van der Waals surface area contributed by atoms with Crippen molar-refractivity contribution in [1.82, 2.24) is 10.2 Å². The Balaban J connectivity index is 1.98. The van der Waals surface area contributed by atoms with E-state index in [0.717, 1.165) is 25.2 Å². The number of piperazine rings is 1. The fourth-order valence-corrected chi connectivity index (χ4v) is 2.25. The molecule has 0 spiro atoms. The molecule has 3 nitrogen and oxygen atoms in total. The van der Waals surface area contributed by atoms with Gasteiger partial charge >= 0.3 is 6.36 Å². The molecule has 6 heteroatoms. The first-order valence-corrected chi connectivity index (χ1v) is 6.23. The SMILES string of the molecule is C[C@@H]1CN(Cc2cccc(OC(F)(F)F)c2)CCN1. The summed E-state index contributed by atoms with van der Waals surface area (Å²) < 4.78 is 40.3. The van der Waals surface area contributed by atoms with E-state index in [-0.39, 0.29) is 5.75 Å². The lowest BCUT2D eigenvalue weighted by molar-refractivity contribution is -0.274. The number of benzene rings is 1. The molecule has 1 aliphatic heterocycles. The molecule has 1 aromatic rings. The number of nitrogens with zero attached hydrogens (tertiary/aromatic N) is 1. The van der Waals surface area contributed by atoms with Gasteiger partial charge in [0.2, 0.25) is 0 Å². The standard InChI is InChI=1S/C13H17F3N2O/c1-10-8-18(6-5-17-10)9-11-3-2-4-12(7-11)19-13(14,15)16/h2-4,7,10,17H,5-6,8-9H2,1H3/t10-/m1/s1. The van der Waals surface area contributed by atoms with Crippen LogP contribution in [-0.4, -0.2) is 36.9 Å². The second-order valence-corrected chi connectivity index (χ2v) is 4.79. The predicted molar refractivity (Wildman–Crippen MR) is 65.9 cm³/mol. The number of ether oxygens (including phenoxy) is 1. The van der Waals surface area contributed by atoms with E-state index in [0.29, 0.717) is 12.6 Å². The molecule has 1 atom stereocenters. The first-order chi connectivity index (χ1) is 8.92. The zero-order valence-electron chi connectivity index (χ0n) is 10.7. The van der Waals surface area contributed by atoms with Crippen molar-refractivity contribution in [3.63, 3.8) is 0 Å². The minimum absolute atomic E-state index is 0.159. The summed E-state index contributed by atoms with van der Waals surface area (Å²) >= 11 is 0. The number of hydrogen-bond donors (Lipinski definition) is 1. The van der Waals surface area contributed by atoms with Gasteiger partial charge in [-0.2, -0.15) is 0 Å². The van der Waals surface area contributed by atoms with Crippen LogP contribution in [0.5, 0.6) is 5.75 Å². The van der Waals surface area contributed by atoms with Crippen LogP contribution in [0.1, 0.15) is 12.5 Å². The summed E-state index contributed by atoms with van der Waals surface area (Å²) in [4.78, 5) is 2.22. The third-order valence-corrected chi connectivity index (χ3v) is 2.99. The molecule has 1 aliphatic rings. The van der Waals surface area contributed by atoms with E-state index >= 15 is 0 Å². The number of nitrogens with one attached hydrogen (secondary N) is 1. The lowest BCUT2D eigenvalue weighted by Crippen LogP contribution is -2.48. The van der Waals surface area contributed by atoms with E-state index in [1.807, 2.05) is 6.07 Å². The average molecular weight is 274 g/mol. The summed E-state index contributed by atoms with van der Waals surface area (Å²) in [6, 6.07) is 6.57. The van der Waals surface area contributed by atoms with Gasteiger partial charge in [0.25, 0.3) is 0 Å². The van der Waals surface area contributed by atoms with Crippen molar-refractivity contribution < 1.29 is 17.9 Å². The topological polar surface area (TPSA) is 24.5 Å². The number of alkyl halides is 3. The fourth-order valence-electron chi connectivity index (χ4n) is 2.25. The van der Waals surface area contributed by atoms with Crippen LogP contribution >= 0.6 is 0 Å². The Kier molecular flexibility index (Phi) is 4.31. The second-order valence-electron chi connectivity index (χ2n) is 4.79. The molecular weight excluding hydrogens is 257 g/mol. The molecule has 106 valence electrons. The van der Waals surface area contributed by atoms with Gasteiger partial charge in [-0.25, -0.2) is 0 Å². The monoisotopic (exact) mass is 274 g/mol. The van der Waals surface area contributed by atoms with Crippen molar-refractivity contribution >= 4 is 0 Å². The molecular formula is C13H17F3N2O. The van der Waals surface area contributed by atoms with Crippen LogP contribution in [0, 0.1) is 0 Å². The van der Waals surface area contributed by atoms with Gasteiger partial charge in [0.15, 0.2) is 0 Å². The minimum Gasteiger partial charge on any atom is -0.406 e. The molecule has 1 heterocycles.